The Morgan fingerprint density at radius 3 is 2.50 bits per heavy atom. The number of thioether (sulfide) groups is 1. The molecule has 0 amide bonds. The zero-order valence-electron chi connectivity index (χ0n) is 12.1. The molecule has 1 atom stereocenters. The molecule has 1 aromatic heterocycles. The van der Waals surface area contributed by atoms with Crippen LogP contribution in [0, 0.1) is 0 Å². The molecular weight excluding hydrogens is 268 g/mol. The van der Waals surface area contributed by atoms with Gasteiger partial charge in [0.1, 0.15) is 11.6 Å². The van der Waals surface area contributed by atoms with Crippen molar-refractivity contribution in [2.75, 3.05) is 23.4 Å². The van der Waals surface area contributed by atoms with Gasteiger partial charge in [0.15, 0.2) is 5.16 Å². The van der Waals surface area contributed by atoms with E-state index in [0.717, 1.165) is 23.3 Å². The van der Waals surface area contributed by atoms with Crippen molar-refractivity contribution in [2.45, 2.75) is 25.0 Å². The van der Waals surface area contributed by atoms with Gasteiger partial charge in [-0.3, -0.25) is 0 Å². The molecule has 0 aliphatic heterocycles. The normalized spacial score (nSPS) is 11.9. The summed E-state index contributed by atoms with van der Waals surface area (Å²) < 4.78 is 0. The van der Waals surface area contributed by atoms with E-state index in [4.69, 9.17) is 0 Å². The Hall–Kier alpha value is -1.75. The molecule has 2 rings (SSSR count). The van der Waals surface area contributed by atoms with Crippen molar-refractivity contribution in [3.63, 3.8) is 0 Å². The molecule has 0 saturated carbocycles. The minimum absolute atomic E-state index is 0.204. The van der Waals surface area contributed by atoms with Crippen LogP contribution in [0.15, 0.2) is 41.6 Å². The molecule has 5 heteroatoms. The Morgan fingerprint density at radius 2 is 1.85 bits per heavy atom. The second kappa shape index (κ2) is 7.14. The Morgan fingerprint density at radius 1 is 1.15 bits per heavy atom. The lowest BCUT2D eigenvalue weighted by Gasteiger charge is -2.16. The molecule has 0 aliphatic carbocycles. The first-order valence-corrected chi connectivity index (χ1v) is 7.93. The number of rotatable bonds is 6. The molecule has 0 bridgehead atoms. The zero-order chi connectivity index (χ0) is 14.4. The highest BCUT2D eigenvalue weighted by Gasteiger charge is 2.08. The molecule has 0 spiro atoms. The number of nitrogens with one attached hydrogen (secondary N) is 2. The second-order valence-corrected chi connectivity index (χ2v) is 5.21. The first kappa shape index (κ1) is 14.7. The molecule has 0 saturated heterocycles. The highest BCUT2D eigenvalue weighted by molar-refractivity contribution is 7.98. The molecule has 20 heavy (non-hydrogen) atoms. The van der Waals surface area contributed by atoms with E-state index in [1.165, 1.54) is 5.56 Å². The minimum Gasteiger partial charge on any atom is -0.370 e. The van der Waals surface area contributed by atoms with Gasteiger partial charge < -0.3 is 10.6 Å². The summed E-state index contributed by atoms with van der Waals surface area (Å²) in [6, 6.07) is 12.5. The van der Waals surface area contributed by atoms with Crippen LogP contribution in [0.5, 0.6) is 0 Å². The fraction of sp³-hybridized carbons (Fsp3) is 0.333. The molecule has 1 unspecified atom stereocenters. The first-order valence-electron chi connectivity index (χ1n) is 6.71. The Labute approximate surface area is 124 Å². The number of aromatic nitrogens is 2. The summed E-state index contributed by atoms with van der Waals surface area (Å²) in [7, 11) is 0. The van der Waals surface area contributed by atoms with Crippen molar-refractivity contribution >= 4 is 23.4 Å². The van der Waals surface area contributed by atoms with Crippen molar-refractivity contribution in [1.82, 2.24) is 9.97 Å². The van der Waals surface area contributed by atoms with E-state index in [2.05, 4.69) is 46.6 Å². The minimum atomic E-state index is 0.204. The van der Waals surface area contributed by atoms with Gasteiger partial charge in [-0.1, -0.05) is 42.1 Å². The first-order chi connectivity index (χ1) is 9.72. The molecule has 2 aromatic rings. The van der Waals surface area contributed by atoms with Crippen LogP contribution in [-0.4, -0.2) is 22.8 Å². The molecular formula is C15H20N4S. The fourth-order valence-corrected chi connectivity index (χ4v) is 2.29. The summed E-state index contributed by atoms with van der Waals surface area (Å²) in [5.41, 5.74) is 1.24. The maximum atomic E-state index is 4.50. The molecule has 0 aliphatic rings. The van der Waals surface area contributed by atoms with Crippen LogP contribution in [0.3, 0.4) is 0 Å². The lowest BCUT2D eigenvalue weighted by Crippen LogP contribution is -2.10. The fourth-order valence-electron chi connectivity index (χ4n) is 1.91. The smallest absolute Gasteiger partial charge is 0.191 e. The van der Waals surface area contributed by atoms with E-state index in [-0.39, 0.29) is 6.04 Å². The molecule has 0 fully saturated rings. The zero-order valence-corrected chi connectivity index (χ0v) is 12.9. The number of benzene rings is 1. The van der Waals surface area contributed by atoms with E-state index in [1.807, 2.05) is 30.5 Å². The van der Waals surface area contributed by atoms with Crippen molar-refractivity contribution in [3.8, 4) is 0 Å². The van der Waals surface area contributed by atoms with Gasteiger partial charge in [0, 0.05) is 18.7 Å². The topological polar surface area (TPSA) is 49.8 Å². The summed E-state index contributed by atoms with van der Waals surface area (Å²) in [6.45, 7) is 5.03. The lowest BCUT2D eigenvalue weighted by molar-refractivity contribution is 0.855. The van der Waals surface area contributed by atoms with E-state index in [0.29, 0.717) is 0 Å². The molecule has 2 N–H and O–H groups in total. The van der Waals surface area contributed by atoms with Gasteiger partial charge in [0.25, 0.3) is 0 Å². The molecule has 1 heterocycles. The number of hydrogen-bond donors (Lipinski definition) is 2. The third-order valence-electron chi connectivity index (χ3n) is 2.91. The predicted octanol–water partition coefficient (Wildman–Crippen LogP) is 3.80. The van der Waals surface area contributed by atoms with Crippen LogP contribution < -0.4 is 10.6 Å². The number of nitrogens with zero attached hydrogens (tertiary/aromatic N) is 2. The van der Waals surface area contributed by atoms with Crippen LogP contribution in [0.1, 0.15) is 25.5 Å². The van der Waals surface area contributed by atoms with Gasteiger partial charge in [-0.05, 0) is 25.7 Å². The lowest BCUT2D eigenvalue weighted by atomic mass is 10.1. The summed E-state index contributed by atoms with van der Waals surface area (Å²) in [6.07, 6.45) is 1.98. The van der Waals surface area contributed by atoms with E-state index in [9.17, 15) is 0 Å². The van der Waals surface area contributed by atoms with Crippen LogP contribution in [0.2, 0.25) is 0 Å². The number of hydrogen-bond acceptors (Lipinski definition) is 5. The van der Waals surface area contributed by atoms with Gasteiger partial charge in [-0.2, -0.15) is 0 Å². The third-order valence-corrected chi connectivity index (χ3v) is 3.46. The monoisotopic (exact) mass is 288 g/mol. The Bertz CT molecular complexity index is 545. The summed E-state index contributed by atoms with van der Waals surface area (Å²) in [4.78, 5) is 8.92. The quantitative estimate of drug-likeness (QED) is 0.625. The predicted molar refractivity (Wildman–Crippen MR) is 86.5 cm³/mol. The standard InChI is InChI=1S/C15H20N4S/c1-4-16-13-10-14(19-15(18-13)20-3)17-11(2)12-8-6-5-7-9-12/h5-11H,4H2,1-3H3,(H2,16,17,18,19). The van der Waals surface area contributed by atoms with Crippen molar-refractivity contribution in [3.05, 3.63) is 42.0 Å². The van der Waals surface area contributed by atoms with Crippen LogP contribution >= 0.6 is 11.8 Å². The maximum absolute atomic E-state index is 4.50. The number of anilines is 2. The summed E-state index contributed by atoms with van der Waals surface area (Å²) in [5, 5.41) is 7.43. The molecule has 0 radical (unpaired) electrons. The van der Waals surface area contributed by atoms with E-state index < -0.39 is 0 Å². The van der Waals surface area contributed by atoms with Crippen molar-refractivity contribution in [1.29, 1.82) is 0 Å². The maximum Gasteiger partial charge on any atom is 0.191 e. The molecule has 1 aromatic carbocycles. The second-order valence-electron chi connectivity index (χ2n) is 4.43. The Kier molecular flexibility index (Phi) is 5.24. The largest absolute Gasteiger partial charge is 0.370 e. The van der Waals surface area contributed by atoms with Crippen molar-refractivity contribution < 1.29 is 0 Å². The van der Waals surface area contributed by atoms with Gasteiger partial charge >= 0.3 is 0 Å². The average molecular weight is 288 g/mol. The van der Waals surface area contributed by atoms with Gasteiger partial charge in [-0.25, -0.2) is 9.97 Å². The molecule has 106 valence electrons. The summed E-state index contributed by atoms with van der Waals surface area (Å²) in [5.74, 6) is 1.70. The van der Waals surface area contributed by atoms with E-state index >= 15 is 0 Å². The van der Waals surface area contributed by atoms with Gasteiger partial charge in [0.05, 0.1) is 0 Å². The highest BCUT2D eigenvalue weighted by atomic mass is 32.2. The average Bonchev–Trinajstić information content (AvgIpc) is 2.48. The van der Waals surface area contributed by atoms with E-state index in [1.54, 1.807) is 11.8 Å². The van der Waals surface area contributed by atoms with Crippen molar-refractivity contribution in [2.24, 2.45) is 0 Å². The van der Waals surface area contributed by atoms with Crippen LogP contribution in [-0.2, 0) is 0 Å². The van der Waals surface area contributed by atoms with Gasteiger partial charge in [-0.15, -0.1) is 0 Å². The van der Waals surface area contributed by atoms with Crippen LogP contribution in [0.25, 0.3) is 0 Å². The third kappa shape index (κ3) is 3.87. The van der Waals surface area contributed by atoms with Gasteiger partial charge in [0.2, 0.25) is 0 Å². The molecule has 4 nitrogen and oxygen atoms in total. The van der Waals surface area contributed by atoms with Crippen LogP contribution in [0.4, 0.5) is 11.6 Å². The summed E-state index contributed by atoms with van der Waals surface area (Å²) >= 11 is 1.54. The SMILES string of the molecule is CCNc1cc(NC(C)c2ccccc2)nc(SC)n1. The Balaban J connectivity index is 2.17. The highest BCUT2D eigenvalue weighted by Crippen LogP contribution is 2.21.